The van der Waals surface area contributed by atoms with E-state index >= 15 is 0 Å². The van der Waals surface area contributed by atoms with Crippen LogP contribution < -0.4 is 0 Å². The second-order valence-electron chi connectivity index (χ2n) is 3.14. The van der Waals surface area contributed by atoms with Crippen molar-refractivity contribution in [2.24, 2.45) is 0 Å². The van der Waals surface area contributed by atoms with Crippen molar-refractivity contribution < 1.29 is 0 Å². The summed E-state index contributed by atoms with van der Waals surface area (Å²) in [6.45, 7) is 8.00. The van der Waals surface area contributed by atoms with E-state index in [0.29, 0.717) is 5.88 Å². The standard InChI is InChI=1S/C11H14ClN/c1-9(7-12)8-13-10(2)5-4-6-11(13)3/h4-6,8H,2,7H2,1,3H3/b9-8+. The minimum atomic E-state index is 0.556. The number of allylic oxidation sites excluding steroid dienone is 5. The van der Waals surface area contributed by atoms with E-state index in [4.69, 9.17) is 11.6 Å². The Kier molecular flexibility index (Phi) is 3.38. The lowest BCUT2D eigenvalue weighted by atomic mass is 10.2. The summed E-state index contributed by atoms with van der Waals surface area (Å²) in [5, 5.41) is 0. The maximum atomic E-state index is 5.70. The number of nitrogens with zero attached hydrogens (tertiary/aromatic N) is 1. The van der Waals surface area contributed by atoms with E-state index in [1.165, 1.54) is 0 Å². The van der Waals surface area contributed by atoms with Crippen molar-refractivity contribution in [3.63, 3.8) is 0 Å². The van der Waals surface area contributed by atoms with E-state index in [-0.39, 0.29) is 0 Å². The van der Waals surface area contributed by atoms with Gasteiger partial charge in [-0.25, -0.2) is 0 Å². The largest absolute Gasteiger partial charge is 0.322 e. The van der Waals surface area contributed by atoms with Crippen molar-refractivity contribution in [3.05, 3.63) is 48.0 Å². The molecule has 0 aromatic rings. The number of hydrogen-bond acceptors (Lipinski definition) is 1. The Labute approximate surface area is 84.7 Å². The molecule has 0 aliphatic carbocycles. The zero-order valence-corrected chi connectivity index (χ0v) is 8.80. The van der Waals surface area contributed by atoms with Crippen LogP contribution in [0.25, 0.3) is 0 Å². The van der Waals surface area contributed by atoms with Crippen LogP contribution in [0.3, 0.4) is 0 Å². The Morgan fingerprint density at radius 1 is 1.69 bits per heavy atom. The Balaban J connectivity index is 2.86. The fraction of sp³-hybridized carbons (Fsp3) is 0.273. The molecular formula is C11H14ClN. The summed E-state index contributed by atoms with van der Waals surface area (Å²) in [5.41, 5.74) is 3.27. The Morgan fingerprint density at radius 3 is 2.92 bits per heavy atom. The van der Waals surface area contributed by atoms with Crippen LogP contribution in [0.2, 0.25) is 0 Å². The van der Waals surface area contributed by atoms with Gasteiger partial charge in [0.05, 0.1) is 0 Å². The van der Waals surface area contributed by atoms with Gasteiger partial charge in [0.2, 0.25) is 0 Å². The molecule has 0 bridgehead atoms. The van der Waals surface area contributed by atoms with Gasteiger partial charge >= 0.3 is 0 Å². The molecule has 0 atom stereocenters. The molecule has 1 nitrogen and oxygen atoms in total. The maximum absolute atomic E-state index is 5.70. The summed E-state index contributed by atoms with van der Waals surface area (Å²) >= 11 is 5.70. The second kappa shape index (κ2) is 4.33. The van der Waals surface area contributed by atoms with Gasteiger partial charge < -0.3 is 4.90 Å². The molecule has 0 saturated heterocycles. The zero-order chi connectivity index (χ0) is 9.84. The first-order valence-electron chi connectivity index (χ1n) is 4.21. The summed E-state index contributed by atoms with van der Waals surface area (Å²) in [7, 11) is 0. The van der Waals surface area contributed by atoms with Crippen molar-refractivity contribution in [1.29, 1.82) is 0 Å². The molecule has 2 heteroatoms. The molecular weight excluding hydrogens is 182 g/mol. The first kappa shape index (κ1) is 10.1. The summed E-state index contributed by atoms with van der Waals surface area (Å²) in [6, 6.07) is 0. The lowest BCUT2D eigenvalue weighted by molar-refractivity contribution is 0.586. The lowest BCUT2D eigenvalue weighted by Crippen LogP contribution is -2.15. The summed E-state index contributed by atoms with van der Waals surface area (Å²) in [6.07, 6.45) is 8.04. The quantitative estimate of drug-likeness (QED) is 0.611. The molecule has 1 aliphatic rings. The van der Waals surface area contributed by atoms with Crippen LogP contribution in [0.5, 0.6) is 0 Å². The Bertz CT molecular complexity index is 297. The number of hydrogen-bond donors (Lipinski definition) is 0. The van der Waals surface area contributed by atoms with E-state index in [0.717, 1.165) is 17.0 Å². The molecule has 0 aromatic heterocycles. The van der Waals surface area contributed by atoms with Crippen molar-refractivity contribution in [2.75, 3.05) is 5.88 Å². The first-order valence-corrected chi connectivity index (χ1v) is 4.75. The van der Waals surface area contributed by atoms with E-state index < -0.39 is 0 Å². The van der Waals surface area contributed by atoms with Gasteiger partial charge in [-0.05, 0) is 31.6 Å². The second-order valence-corrected chi connectivity index (χ2v) is 3.40. The highest BCUT2D eigenvalue weighted by Crippen LogP contribution is 2.19. The van der Waals surface area contributed by atoms with Crippen LogP contribution in [-0.2, 0) is 0 Å². The number of rotatable bonds is 2. The molecule has 0 N–H and O–H groups in total. The molecule has 1 rings (SSSR count). The summed E-state index contributed by atoms with van der Waals surface area (Å²) in [5.74, 6) is 0.556. The molecule has 1 aliphatic heterocycles. The minimum Gasteiger partial charge on any atom is -0.322 e. The van der Waals surface area contributed by atoms with Crippen LogP contribution in [0.15, 0.2) is 48.0 Å². The zero-order valence-electron chi connectivity index (χ0n) is 8.05. The van der Waals surface area contributed by atoms with Gasteiger partial charge in [0.15, 0.2) is 0 Å². The van der Waals surface area contributed by atoms with Gasteiger partial charge in [-0.1, -0.05) is 12.7 Å². The Morgan fingerprint density at radius 2 is 2.38 bits per heavy atom. The average Bonchev–Trinajstić information content (AvgIpc) is 2.11. The topological polar surface area (TPSA) is 3.24 Å². The van der Waals surface area contributed by atoms with Gasteiger partial charge in [0.1, 0.15) is 0 Å². The third-order valence-electron chi connectivity index (χ3n) is 1.88. The molecule has 0 unspecified atom stereocenters. The minimum absolute atomic E-state index is 0.556. The van der Waals surface area contributed by atoms with Gasteiger partial charge in [-0.15, -0.1) is 11.6 Å². The van der Waals surface area contributed by atoms with E-state index in [9.17, 15) is 0 Å². The molecule has 0 saturated carbocycles. The summed E-state index contributed by atoms with van der Waals surface area (Å²) < 4.78 is 0. The normalized spacial score (nSPS) is 17.8. The molecule has 0 fully saturated rings. The smallest absolute Gasteiger partial charge is 0.0448 e. The molecule has 70 valence electrons. The molecule has 0 radical (unpaired) electrons. The lowest BCUT2D eigenvalue weighted by Gasteiger charge is -2.24. The summed E-state index contributed by atoms with van der Waals surface area (Å²) in [4.78, 5) is 2.04. The number of alkyl halides is 1. The fourth-order valence-corrected chi connectivity index (χ4v) is 1.19. The van der Waals surface area contributed by atoms with Gasteiger partial charge in [0, 0.05) is 23.5 Å². The van der Waals surface area contributed by atoms with Gasteiger partial charge in [-0.2, -0.15) is 0 Å². The van der Waals surface area contributed by atoms with Crippen LogP contribution in [0.1, 0.15) is 13.8 Å². The van der Waals surface area contributed by atoms with Gasteiger partial charge in [-0.3, -0.25) is 0 Å². The van der Waals surface area contributed by atoms with Crippen LogP contribution in [0.4, 0.5) is 0 Å². The molecule has 0 aromatic carbocycles. The fourth-order valence-electron chi connectivity index (χ4n) is 1.13. The first-order chi connectivity index (χ1) is 6.15. The van der Waals surface area contributed by atoms with E-state index in [1.807, 2.05) is 43.2 Å². The van der Waals surface area contributed by atoms with Crippen LogP contribution >= 0.6 is 11.6 Å². The predicted octanol–water partition coefficient (Wildman–Crippen LogP) is 3.42. The number of halogens is 1. The van der Waals surface area contributed by atoms with Crippen molar-refractivity contribution >= 4 is 11.6 Å². The van der Waals surface area contributed by atoms with Crippen molar-refractivity contribution in [1.82, 2.24) is 4.90 Å². The average molecular weight is 196 g/mol. The van der Waals surface area contributed by atoms with Crippen molar-refractivity contribution in [3.8, 4) is 0 Å². The molecule has 13 heavy (non-hydrogen) atoms. The monoisotopic (exact) mass is 195 g/mol. The highest BCUT2D eigenvalue weighted by molar-refractivity contribution is 6.19. The SMILES string of the molecule is C=C1C=CC=C(C)N1/C=C(\C)CCl. The van der Waals surface area contributed by atoms with Crippen LogP contribution in [-0.4, -0.2) is 10.8 Å². The predicted molar refractivity (Wildman–Crippen MR) is 58.4 cm³/mol. The third kappa shape index (κ3) is 2.49. The van der Waals surface area contributed by atoms with E-state index in [2.05, 4.69) is 6.58 Å². The molecule has 0 amide bonds. The van der Waals surface area contributed by atoms with Crippen molar-refractivity contribution in [2.45, 2.75) is 13.8 Å². The Hall–Kier alpha value is -0.950. The molecule has 1 heterocycles. The highest BCUT2D eigenvalue weighted by Gasteiger charge is 2.07. The molecule has 0 spiro atoms. The van der Waals surface area contributed by atoms with Crippen LogP contribution in [0, 0.1) is 0 Å². The maximum Gasteiger partial charge on any atom is 0.0448 e. The highest BCUT2D eigenvalue weighted by atomic mass is 35.5. The van der Waals surface area contributed by atoms with E-state index in [1.54, 1.807) is 0 Å². The van der Waals surface area contributed by atoms with Gasteiger partial charge in [0.25, 0.3) is 0 Å². The third-order valence-corrected chi connectivity index (χ3v) is 2.30.